The largest absolute Gasteiger partial charge is 0.674 e. The quantitative estimate of drug-likeness (QED) is 0.698. The van der Waals surface area contributed by atoms with Crippen LogP contribution in [0.25, 0.3) is 17.2 Å². The van der Waals surface area contributed by atoms with Crippen LogP contribution in [-0.2, 0) is 22.4 Å². The van der Waals surface area contributed by atoms with Crippen molar-refractivity contribution in [2.24, 2.45) is 0 Å². The molecule has 0 aliphatic carbocycles. The van der Waals surface area contributed by atoms with E-state index in [4.69, 9.17) is 17.2 Å². The Morgan fingerprint density at radius 1 is 0.692 bits per heavy atom. The molecule has 0 unspecified atom stereocenters. The normalized spacial score (nSPS) is 5.77. The van der Waals surface area contributed by atoms with Gasteiger partial charge in [0.25, 0.3) is 0 Å². The topological polar surface area (TPSA) is 71.4 Å². The molecule has 77 valence electrons. The third-order valence-electron chi connectivity index (χ3n) is 0.433. The van der Waals surface area contributed by atoms with Crippen LogP contribution in [0, 0.1) is 0 Å². The van der Waals surface area contributed by atoms with E-state index < -0.39 is 0 Å². The second-order valence-electron chi connectivity index (χ2n) is 1.48. The molecule has 0 aromatic heterocycles. The minimum atomic E-state index is 0. The third-order valence-corrected chi connectivity index (χ3v) is 0.433. The molecule has 0 saturated carbocycles. The van der Waals surface area contributed by atoms with E-state index in [0.717, 1.165) is 0 Å². The van der Waals surface area contributed by atoms with Crippen LogP contribution in [0.2, 0.25) is 0 Å². The van der Waals surface area contributed by atoms with Gasteiger partial charge in [-0.15, -0.1) is 57.6 Å². The molecule has 0 aliphatic rings. The van der Waals surface area contributed by atoms with E-state index in [9.17, 15) is 0 Å². The zero-order chi connectivity index (χ0) is 10.2. The minimum absolute atomic E-state index is 0. The molecule has 0 aromatic rings. The Labute approximate surface area is 97.3 Å². The van der Waals surface area contributed by atoms with Crippen molar-refractivity contribution in [2.75, 3.05) is 19.6 Å². The Morgan fingerprint density at radius 2 is 0.769 bits per heavy atom. The summed E-state index contributed by atoms with van der Waals surface area (Å²) in [7, 11) is 0. The number of rotatable bonds is 3. The first-order valence-electron chi connectivity index (χ1n) is 3.51. The van der Waals surface area contributed by atoms with Crippen LogP contribution < -0.4 is 0 Å². The molecule has 3 nitrogen and oxygen atoms in total. The molecule has 0 aromatic carbocycles. The van der Waals surface area contributed by atoms with Gasteiger partial charge in [0.05, 0.1) is 0 Å². The molecule has 0 spiro atoms. The smallest absolute Gasteiger partial charge is 0 e. The molecule has 1 radical (unpaired) electrons. The fourth-order valence-corrected chi connectivity index (χ4v) is 0. The molecule has 13 heavy (non-hydrogen) atoms. The van der Waals surface area contributed by atoms with Gasteiger partial charge in [-0.2, -0.15) is 0 Å². The van der Waals surface area contributed by atoms with E-state index in [2.05, 4.69) is 19.7 Å². The van der Waals surface area contributed by atoms with Gasteiger partial charge in [-0.3, -0.25) is 0 Å². The fraction of sp³-hybridized carbons (Fsp3) is 0.333. The first-order chi connectivity index (χ1) is 5.74. The molecule has 0 rings (SSSR count). The van der Waals surface area contributed by atoms with Crippen molar-refractivity contribution < 1.29 is 22.4 Å². The Kier molecular flexibility index (Phi) is 72.3. The first-order valence-corrected chi connectivity index (χ1v) is 3.51. The van der Waals surface area contributed by atoms with Crippen molar-refractivity contribution in [1.82, 2.24) is 0 Å². The van der Waals surface area contributed by atoms with Gasteiger partial charge in [0.15, 0.2) is 0 Å². The molecule has 4 heteroatoms. The summed E-state index contributed by atoms with van der Waals surface area (Å²) in [6, 6.07) is 0. The van der Waals surface area contributed by atoms with Gasteiger partial charge in [0.1, 0.15) is 0 Å². The van der Waals surface area contributed by atoms with Crippen LogP contribution >= 0.6 is 0 Å². The van der Waals surface area contributed by atoms with Crippen LogP contribution in [0.5, 0.6) is 0 Å². The van der Waals surface area contributed by atoms with Crippen molar-refractivity contribution >= 4 is 0 Å². The van der Waals surface area contributed by atoms with E-state index >= 15 is 0 Å². The summed E-state index contributed by atoms with van der Waals surface area (Å²) >= 11 is 0. The van der Waals surface area contributed by atoms with E-state index in [1.54, 1.807) is 18.2 Å². The zero-order valence-electron chi connectivity index (χ0n) is 7.92. The third kappa shape index (κ3) is 142. The van der Waals surface area contributed by atoms with Gasteiger partial charge >= 0.3 is 0 Å². The van der Waals surface area contributed by atoms with Crippen molar-refractivity contribution in [3.8, 4) is 0 Å². The Bertz CT molecular complexity index is 75.8. The predicted octanol–water partition coefficient (Wildman–Crippen LogP) is 3.67. The summed E-state index contributed by atoms with van der Waals surface area (Å²) in [5, 5.41) is 0. The molecule has 0 fully saturated rings. The predicted molar refractivity (Wildman–Crippen MR) is 58.2 cm³/mol. The summed E-state index contributed by atoms with van der Waals surface area (Å²) in [6.07, 6.45) is 4.62. The summed E-state index contributed by atoms with van der Waals surface area (Å²) in [5.74, 6) is 0. The summed E-state index contributed by atoms with van der Waals surface area (Å²) < 4.78 is 0. The van der Waals surface area contributed by atoms with Crippen molar-refractivity contribution in [3.05, 3.63) is 55.2 Å². The monoisotopic (exact) mass is 349 g/mol. The standard InChI is InChI=1S/3C3H6N.Ta/c3*1-2-3-4;/h3*2,4H,1,3H2;/q3*-1;. The van der Waals surface area contributed by atoms with Gasteiger partial charge in [-0.1, -0.05) is 0 Å². The van der Waals surface area contributed by atoms with E-state index in [1.807, 2.05) is 0 Å². The Hall–Kier alpha value is -0.160. The van der Waals surface area contributed by atoms with Gasteiger partial charge in [-0.05, 0) is 0 Å². The molecule has 0 amide bonds. The van der Waals surface area contributed by atoms with Crippen LogP contribution in [0.4, 0.5) is 0 Å². The van der Waals surface area contributed by atoms with Gasteiger partial charge in [-0.25, -0.2) is 0 Å². The second-order valence-corrected chi connectivity index (χ2v) is 1.48. The van der Waals surface area contributed by atoms with Crippen molar-refractivity contribution in [1.29, 1.82) is 0 Å². The zero-order valence-corrected chi connectivity index (χ0v) is 11.1. The van der Waals surface area contributed by atoms with Crippen LogP contribution in [0.3, 0.4) is 0 Å². The van der Waals surface area contributed by atoms with E-state index in [-0.39, 0.29) is 22.4 Å². The molecular formula is C9H18N3Ta-3. The van der Waals surface area contributed by atoms with Gasteiger partial charge in [0, 0.05) is 22.4 Å². The summed E-state index contributed by atoms with van der Waals surface area (Å²) in [6.45, 7) is 10.9. The maximum atomic E-state index is 6.33. The van der Waals surface area contributed by atoms with Crippen molar-refractivity contribution in [3.63, 3.8) is 0 Å². The Balaban J connectivity index is -0.0000000450. The molecule has 0 aliphatic heterocycles. The molecule has 0 heterocycles. The molecule has 0 bridgehead atoms. The number of hydrogen-bond acceptors (Lipinski definition) is 0. The second kappa shape index (κ2) is 40.8. The van der Waals surface area contributed by atoms with Crippen molar-refractivity contribution in [2.45, 2.75) is 0 Å². The van der Waals surface area contributed by atoms with Gasteiger partial charge < -0.3 is 17.2 Å². The number of nitrogens with one attached hydrogen (secondary N) is 3. The van der Waals surface area contributed by atoms with Crippen LogP contribution in [0.15, 0.2) is 38.0 Å². The van der Waals surface area contributed by atoms with Gasteiger partial charge in [0.2, 0.25) is 0 Å². The Morgan fingerprint density at radius 3 is 0.769 bits per heavy atom. The van der Waals surface area contributed by atoms with E-state index in [1.165, 1.54) is 0 Å². The summed E-state index contributed by atoms with van der Waals surface area (Å²) in [5.41, 5.74) is 19.0. The first kappa shape index (κ1) is 23.0. The molecule has 0 saturated heterocycles. The van der Waals surface area contributed by atoms with Crippen LogP contribution in [0.1, 0.15) is 0 Å². The fourth-order valence-electron chi connectivity index (χ4n) is 0. The average molecular weight is 349 g/mol. The van der Waals surface area contributed by atoms with E-state index in [0.29, 0.717) is 19.6 Å². The SMILES string of the molecule is C=CC[NH-].C=CC[NH-].C=CC[NH-].[Ta]. The maximum absolute atomic E-state index is 6.33. The maximum Gasteiger partial charge on any atom is 0 e. The average Bonchev–Trinajstić information content (AvgIpc) is 2.18. The summed E-state index contributed by atoms with van der Waals surface area (Å²) in [4.78, 5) is 0. The molecular weight excluding hydrogens is 331 g/mol. The molecule has 0 atom stereocenters. The minimum Gasteiger partial charge on any atom is -0.674 e. The van der Waals surface area contributed by atoms with Crippen LogP contribution in [-0.4, -0.2) is 19.6 Å². The molecule has 3 N–H and O–H groups in total. The number of hydrogen-bond donors (Lipinski definition) is 0.